The number of ether oxygens (including phenoxy) is 1. The molecule has 0 aliphatic carbocycles. The van der Waals surface area contributed by atoms with Gasteiger partial charge < -0.3 is 20.0 Å². The zero-order valence-electron chi connectivity index (χ0n) is 7.19. The van der Waals surface area contributed by atoms with Gasteiger partial charge in [0.1, 0.15) is 18.1 Å². The zero-order valence-corrected chi connectivity index (χ0v) is 7.19. The van der Waals surface area contributed by atoms with Crippen LogP contribution in [0.1, 0.15) is 17.6 Å². The van der Waals surface area contributed by atoms with Crippen molar-refractivity contribution in [1.82, 2.24) is 0 Å². The molecule has 0 aliphatic rings. The van der Waals surface area contributed by atoms with Gasteiger partial charge >= 0.3 is 5.97 Å². The summed E-state index contributed by atoms with van der Waals surface area (Å²) in [5, 5.41) is 8.68. The maximum atomic E-state index is 10.9. The molecular weight excluding hydrogens is 174 g/mol. The minimum Gasteiger partial charge on any atom is -0.468 e. The van der Waals surface area contributed by atoms with Gasteiger partial charge in [0.15, 0.2) is 6.04 Å². The molecule has 0 aromatic carbocycles. The van der Waals surface area contributed by atoms with Crippen LogP contribution in [0.5, 0.6) is 0 Å². The van der Waals surface area contributed by atoms with Crippen LogP contribution in [0.4, 0.5) is 0 Å². The van der Waals surface area contributed by atoms with Crippen molar-refractivity contribution in [3.05, 3.63) is 23.7 Å². The van der Waals surface area contributed by atoms with Crippen molar-refractivity contribution < 1.29 is 19.1 Å². The standard InChI is InChI=1S/C8H11NO4/c1-12-8(11)7(9)6-3-2-5(4-10)13-6/h2-3,7,10H,4,9H2,1H3/t7-/m1/s1. The highest BCUT2D eigenvalue weighted by atomic mass is 16.5. The number of carbonyl (C=O) groups excluding carboxylic acids is 1. The first-order valence-electron chi connectivity index (χ1n) is 3.72. The van der Waals surface area contributed by atoms with E-state index in [0.29, 0.717) is 5.76 Å². The van der Waals surface area contributed by atoms with Crippen LogP contribution in [-0.4, -0.2) is 18.2 Å². The number of hydrogen-bond donors (Lipinski definition) is 2. The predicted molar refractivity (Wildman–Crippen MR) is 43.6 cm³/mol. The van der Waals surface area contributed by atoms with E-state index >= 15 is 0 Å². The molecule has 5 nitrogen and oxygen atoms in total. The van der Waals surface area contributed by atoms with E-state index in [1.807, 2.05) is 0 Å². The monoisotopic (exact) mass is 185 g/mol. The molecule has 0 amide bonds. The Kier molecular flexibility index (Phi) is 3.05. The molecule has 0 saturated heterocycles. The summed E-state index contributed by atoms with van der Waals surface area (Å²) in [5.74, 6) is 0.0871. The number of esters is 1. The summed E-state index contributed by atoms with van der Waals surface area (Å²) in [7, 11) is 1.25. The lowest BCUT2D eigenvalue weighted by atomic mass is 10.2. The van der Waals surface area contributed by atoms with Gasteiger partial charge in [-0.05, 0) is 12.1 Å². The highest BCUT2D eigenvalue weighted by Crippen LogP contribution is 2.15. The van der Waals surface area contributed by atoms with Crippen molar-refractivity contribution in [2.24, 2.45) is 5.73 Å². The Morgan fingerprint density at radius 3 is 2.92 bits per heavy atom. The molecule has 0 fully saturated rings. The SMILES string of the molecule is COC(=O)[C@H](N)c1ccc(CO)o1. The number of aliphatic hydroxyl groups is 1. The first-order chi connectivity index (χ1) is 6.19. The second kappa shape index (κ2) is 4.06. The fraction of sp³-hybridized carbons (Fsp3) is 0.375. The smallest absolute Gasteiger partial charge is 0.330 e. The van der Waals surface area contributed by atoms with Crippen molar-refractivity contribution in [2.75, 3.05) is 7.11 Å². The van der Waals surface area contributed by atoms with E-state index < -0.39 is 12.0 Å². The van der Waals surface area contributed by atoms with Gasteiger partial charge in [0.2, 0.25) is 0 Å². The second-order valence-electron chi connectivity index (χ2n) is 2.46. The number of rotatable bonds is 3. The maximum Gasteiger partial charge on any atom is 0.330 e. The average Bonchev–Trinajstić information content (AvgIpc) is 2.63. The van der Waals surface area contributed by atoms with Gasteiger partial charge in [-0.1, -0.05) is 0 Å². The molecule has 5 heteroatoms. The molecule has 0 bridgehead atoms. The minimum absolute atomic E-state index is 0.214. The van der Waals surface area contributed by atoms with Crippen molar-refractivity contribution >= 4 is 5.97 Å². The normalized spacial score (nSPS) is 12.5. The lowest BCUT2D eigenvalue weighted by molar-refractivity contribution is -0.142. The van der Waals surface area contributed by atoms with Gasteiger partial charge in [0, 0.05) is 0 Å². The Morgan fingerprint density at radius 2 is 2.46 bits per heavy atom. The molecule has 1 aromatic heterocycles. The Balaban J connectivity index is 2.76. The number of nitrogens with two attached hydrogens (primary N) is 1. The lowest BCUT2D eigenvalue weighted by Crippen LogP contribution is -2.21. The molecule has 0 aliphatic heterocycles. The van der Waals surface area contributed by atoms with E-state index in [-0.39, 0.29) is 12.4 Å². The lowest BCUT2D eigenvalue weighted by Gasteiger charge is -2.04. The number of furan rings is 1. The van der Waals surface area contributed by atoms with Crippen LogP contribution in [0.15, 0.2) is 16.5 Å². The number of methoxy groups -OCH3 is 1. The summed E-state index contributed by atoms with van der Waals surface area (Å²) in [4.78, 5) is 10.9. The molecule has 0 saturated carbocycles. The van der Waals surface area contributed by atoms with Crippen LogP contribution in [0.2, 0.25) is 0 Å². The fourth-order valence-electron chi connectivity index (χ4n) is 0.890. The van der Waals surface area contributed by atoms with E-state index in [4.69, 9.17) is 15.3 Å². The predicted octanol–water partition coefficient (Wildman–Crippen LogP) is -0.0553. The van der Waals surface area contributed by atoms with Gasteiger partial charge in [-0.15, -0.1) is 0 Å². The molecule has 0 unspecified atom stereocenters. The summed E-state index contributed by atoms with van der Waals surface area (Å²) in [5.41, 5.74) is 5.47. The average molecular weight is 185 g/mol. The van der Waals surface area contributed by atoms with Crippen molar-refractivity contribution in [1.29, 1.82) is 0 Å². The molecule has 13 heavy (non-hydrogen) atoms. The molecule has 3 N–H and O–H groups in total. The van der Waals surface area contributed by atoms with E-state index in [1.165, 1.54) is 13.2 Å². The van der Waals surface area contributed by atoms with E-state index in [1.54, 1.807) is 6.07 Å². The Morgan fingerprint density at radius 1 is 1.77 bits per heavy atom. The van der Waals surface area contributed by atoms with E-state index in [0.717, 1.165) is 0 Å². The van der Waals surface area contributed by atoms with Crippen LogP contribution < -0.4 is 5.73 Å². The highest BCUT2D eigenvalue weighted by molar-refractivity contribution is 5.76. The quantitative estimate of drug-likeness (QED) is 0.644. The Labute approximate surface area is 75.1 Å². The van der Waals surface area contributed by atoms with Crippen molar-refractivity contribution in [3.63, 3.8) is 0 Å². The summed E-state index contributed by atoms with van der Waals surface area (Å²) < 4.78 is 9.46. The van der Waals surface area contributed by atoms with Crippen LogP contribution in [0.25, 0.3) is 0 Å². The van der Waals surface area contributed by atoms with Crippen molar-refractivity contribution in [3.8, 4) is 0 Å². The molecular formula is C8H11NO4. The molecule has 1 aromatic rings. The van der Waals surface area contributed by atoms with Gasteiger partial charge in [-0.2, -0.15) is 0 Å². The van der Waals surface area contributed by atoms with Crippen molar-refractivity contribution in [2.45, 2.75) is 12.6 Å². The number of hydrogen-bond acceptors (Lipinski definition) is 5. The molecule has 0 spiro atoms. The summed E-state index contributed by atoms with van der Waals surface area (Å²) in [6.07, 6.45) is 0. The molecule has 1 heterocycles. The third-order valence-corrected chi connectivity index (χ3v) is 1.60. The molecule has 1 atom stereocenters. The zero-order chi connectivity index (χ0) is 9.84. The number of aliphatic hydroxyl groups excluding tert-OH is 1. The maximum absolute atomic E-state index is 10.9. The van der Waals surface area contributed by atoms with Gasteiger partial charge in [0.25, 0.3) is 0 Å². The topological polar surface area (TPSA) is 85.7 Å². The summed E-state index contributed by atoms with van der Waals surface area (Å²) in [6.45, 7) is -0.214. The van der Waals surface area contributed by atoms with Gasteiger partial charge in [0.05, 0.1) is 7.11 Å². The second-order valence-corrected chi connectivity index (χ2v) is 2.46. The van der Waals surface area contributed by atoms with Gasteiger partial charge in [-0.3, -0.25) is 0 Å². The summed E-state index contributed by atoms with van der Waals surface area (Å²) >= 11 is 0. The van der Waals surface area contributed by atoms with Crippen LogP contribution >= 0.6 is 0 Å². The molecule has 1 rings (SSSR count). The van der Waals surface area contributed by atoms with Crippen LogP contribution in [-0.2, 0) is 16.1 Å². The number of carbonyl (C=O) groups is 1. The van der Waals surface area contributed by atoms with E-state index in [2.05, 4.69) is 4.74 Å². The first kappa shape index (κ1) is 9.76. The highest BCUT2D eigenvalue weighted by Gasteiger charge is 2.19. The van der Waals surface area contributed by atoms with Crippen LogP contribution in [0.3, 0.4) is 0 Å². The Bertz CT molecular complexity index is 294. The third kappa shape index (κ3) is 2.07. The summed E-state index contributed by atoms with van der Waals surface area (Å²) in [6, 6.07) is 2.16. The molecule has 0 radical (unpaired) electrons. The largest absolute Gasteiger partial charge is 0.468 e. The minimum atomic E-state index is -0.926. The first-order valence-corrected chi connectivity index (χ1v) is 3.72. The Hall–Kier alpha value is -1.33. The van der Waals surface area contributed by atoms with Gasteiger partial charge in [-0.25, -0.2) is 4.79 Å². The van der Waals surface area contributed by atoms with E-state index in [9.17, 15) is 4.79 Å². The fourth-order valence-corrected chi connectivity index (χ4v) is 0.890. The third-order valence-electron chi connectivity index (χ3n) is 1.60. The molecule has 72 valence electrons. The van der Waals surface area contributed by atoms with Crippen LogP contribution in [0, 0.1) is 0 Å².